The number of anilines is 1. The highest BCUT2D eigenvalue weighted by atomic mass is 19.1. The van der Waals surface area contributed by atoms with Crippen LogP contribution >= 0.6 is 0 Å². The Labute approximate surface area is 115 Å². The molecule has 0 radical (unpaired) electrons. The predicted octanol–water partition coefficient (Wildman–Crippen LogP) is 2.31. The largest absolute Gasteiger partial charge is 0.373 e. The van der Waals surface area contributed by atoms with Gasteiger partial charge in [0.25, 0.3) is 0 Å². The lowest BCUT2D eigenvalue weighted by molar-refractivity contribution is -0.133. The third-order valence-corrected chi connectivity index (χ3v) is 3.24. The van der Waals surface area contributed by atoms with Crippen LogP contribution in [0.15, 0.2) is 12.1 Å². The molecule has 0 aromatic heterocycles. The average molecular weight is 282 g/mol. The zero-order valence-electron chi connectivity index (χ0n) is 11.3. The van der Waals surface area contributed by atoms with E-state index < -0.39 is 23.6 Å². The lowest BCUT2D eigenvalue weighted by atomic mass is 10.0. The molecule has 1 saturated heterocycles. The van der Waals surface area contributed by atoms with E-state index in [2.05, 4.69) is 10.6 Å². The number of hydrogen-bond donors (Lipinski definition) is 2. The topological polar surface area (TPSA) is 58.2 Å². The summed E-state index contributed by atoms with van der Waals surface area (Å²) in [5.74, 6) is -2.36. The first-order valence-corrected chi connectivity index (χ1v) is 6.47. The molecule has 1 fully saturated rings. The molecule has 0 saturated carbocycles. The molecule has 2 rings (SSSR count). The van der Waals surface area contributed by atoms with Crippen molar-refractivity contribution in [1.82, 2.24) is 5.32 Å². The minimum Gasteiger partial charge on any atom is -0.373 e. The van der Waals surface area contributed by atoms with E-state index in [1.165, 1.54) is 12.1 Å². The molecule has 1 atom stereocenters. The molecule has 1 aliphatic rings. The van der Waals surface area contributed by atoms with Gasteiger partial charge in [-0.05, 0) is 24.5 Å². The number of carbonyl (C=O) groups is 2. The van der Waals surface area contributed by atoms with Crippen molar-refractivity contribution in [2.24, 2.45) is 0 Å². The van der Waals surface area contributed by atoms with E-state index in [1.807, 2.05) is 0 Å². The van der Waals surface area contributed by atoms with Crippen LogP contribution in [0.2, 0.25) is 0 Å². The molecule has 0 unspecified atom stereocenters. The first-order valence-electron chi connectivity index (χ1n) is 6.47. The monoisotopic (exact) mass is 282 g/mol. The molecule has 2 amide bonds. The van der Waals surface area contributed by atoms with E-state index >= 15 is 0 Å². The van der Waals surface area contributed by atoms with Gasteiger partial charge in [-0.2, -0.15) is 0 Å². The number of benzene rings is 1. The maximum Gasteiger partial charge on any atom is 0.249 e. The zero-order chi connectivity index (χ0) is 14.9. The van der Waals surface area contributed by atoms with Crippen molar-refractivity contribution in [3.8, 4) is 0 Å². The van der Waals surface area contributed by atoms with E-state index in [-0.39, 0.29) is 29.5 Å². The van der Waals surface area contributed by atoms with Gasteiger partial charge in [-0.25, -0.2) is 8.78 Å². The molecular formula is C14H16F2N2O2. The molecule has 20 heavy (non-hydrogen) atoms. The zero-order valence-corrected chi connectivity index (χ0v) is 11.3. The number of carbonyl (C=O) groups excluding carboxylic acids is 2. The van der Waals surface area contributed by atoms with Gasteiger partial charge < -0.3 is 5.32 Å². The van der Waals surface area contributed by atoms with Crippen molar-refractivity contribution < 1.29 is 18.4 Å². The quantitative estimate of drug-likeness (QED) is 0.836. The average Bonchev–Trinajstić information content (AvgIpc) is 2.31. The Kier molecular flexibility index (Phi) is 4.01. The fraction of sp³-hybridized carbons (Fsp3) is 0.429. The molecule has 1 aromatic carbocycles. The number of rotatable bonds is 3. The Balaban J connectivity index is 2.18. The molecule has 4 nitrogen and oxygen atoms in total. The van der Waals surface area contributed by atoms with Crippen LogP contribution in [0.25, 0.3) is 0 Å². The maximum atomic E-state index is 13.8. The first-order chi connectivity index (χ1) is 9.38. The normalized spacial score (nSPS) is 19.1. The molecule has 1 heterocycles. The van der Waals surface area contributed by atoms with Crippen LogP contribution in [0.5, 0.6) is 0 Å². The van der Waals surface area contributed by atoms with Crippen LogP contribution in [0, 0.1) is 11.6 Å². The Bertz CT molecular complexity index is 535. The highest BCUT2D eigenvalue weighted by Gasteiger charge is 2.27. The Morgan fingerprint density at radius 2 is 1.85 bits per heavy atom. The molecule has 6 heteroatoms. The summed E-state index contributed by atoms with van der Waals surface area (Å²) in [4.78, 5) is 22.6. The molecule has 2 N–H and O–H groups in total. The van der Waals surface area contributed by atoms with Crippen molar-refractivity contribution in [2.45, 2.75) is 38.6 Å². The van der Waals surface area contributed by atoms with Crippen LogP contribution < -0.4 is 10.6 Å². The molecule has 0 aliphatic carbocycles. The van der Waals surface area contributed by atoms with E-state index in [4.69, 9.17) is 0 Å². The fourth-order valence-electron chi connectivity index (χ4n) is 2.25. The van der Waals surface area contributed by atoms with Gasteiger partial charge in [0.15, 0.2) is 0 Å². The second kappa shape index (κ2) is 5.56. The van der Waals surface area contributed by atoms with E-state index in [9.17, 15) is 18.4 Å². The molecule has 1 aromatic rings. The van der Waals surface area contributed by atoms with E-state index in [0.29, 0.717) is 6.42 Å². The molecule has 108 valence electrons. The third-order valence-electron chi connectivity index (χ3n) is 3.24. The van der Waals surface area contributed by atoms with Crippen LogP contribution in [0.4, 0.5) is 14.5 Å². The van der Waals surface area contributed by atoms with Gasteiger partial charge in [-0.3, -0.25) is 14.9 Å². The Morgan fingerprint density at radius 3 is 2.35 bits per heavy atom. The van der Waals surface area contributed by atoms with Crippen LogP contribution in [-0.2, 0) is 9.59 Å². The first kappa shape index (κ1) is 14.4. The summed E-state index contributed by atoms with van der Waals surface area (Å²) >= 11 is 0. The lowest BCUT2D eigenvalue weighted by Crippen LogP contribution is -2.47. The van der Waals surface area contributed by atoms with Crippen molar-refractivity contribution in [3.05, 3.63) is 29.3 Å². The van der Waals surface area contributed by atoms with Crippen LogP contribution in [-0.4, -0.2) is 17.9 Å². The Morgan fingerprint density at radius 1 is 1.25 bits per heavy atom. The smallest absolute Gasteiger partial charge is 0.249 e. The fourth-order valence-corrected chi connectivity index (χ4v) is 2.25. The molecule has 0 spiro atoms. The highest BCUT2D eigenvalue weighted by molar-refractivity contribution is 6.01. The summed E-state index contributed by atoms with van der Waals surface area (Å²) in [6, 6.07) is 1.68. The van der Waals surface area contributed by atoms with Gasteiger partial charge in [0.1, 0.15) is 17.7 Å². The second-order valence-corrected chi connectivity index (χ2v) is 5.16. The van der Waals surface area contributed by atoms with Gasteiger partial charge in [-0.15, -0.1) is 0 Å². The third kappa shape index (κ3) is 2.95. The number of nitrogens with one attached hydrogen (secondary N) is 2. The van der Waals surface area contributed by atoms with Crippen LogP contribution in [0.1, 0.15) is 38.2 Å². The standard InChI is InChI=1S/C14H16F2N2O2/c1-7(2)13-9(15)5-8(6-10(13)16)17-11-3-4-12(19)18-14(11)20/h5-7,11,17H,3-4H2,1-2H3,(H,18,19,20)/t11-/m1/s1. The summed E-state index contributed by atoms with van der Waals surface area (Å²) in [7, 11) is 0. The van der Waals surface area contributed by atoms with Crippen molar-refractivity contribution >= 4 is 17.5 Å². The van der Waals surface area contributed by atoms with E-state index in [1.54, 1.807) is 13.8 Å². The number of halogens is 2. The van der Waals surface area contributed by atoms with Crippen LogP contribution in [0.3, 0.4) is 0 Å². The van der Waals surface area contributed by atoms with Gasteiger partial charge in [0.05, 0.1) is 0 Å². The van der Waals surface area contributed by atoms with Gasteiger partial charge in [-0.1, -0.05) is 13.8 Å². The summed E-state index contributed by atoms with van der Waals surface area (Å²) in [6.07, 6.45) is 0.512. The molecule has 0 bridgehead atoms. The number of hydrogen-bond acceptors (Lipinski definition) is 3. The van der Waals surface area contributed by atoms with Crippen molar-refractivity contribution in [1.29, 1.82) is 0 Å². The van der Waals surface area contributed by atoms with Gasteiger partial charge in [0, 0.05) is 17.7 Å². The number of imide groups is 1. The molecule has 1 aliphatic heterocycles. The summed E-state index contributed by atoms with van der Waals surface area (Å²) < 4.78 is 27.7. The second-order valence-electron chi connectivity index (χ2n) is 5.16. The Hall–Kier alpha value is -1.98. The predicted molar refractivity (Wildman–Crippen MR) is 70.2 cm³/mol. The van der Waals surface area contributed by atoms with Crippen molar-refractivity contribution in [2.75, 3.05) is 5.32 Å². The summed E-state index contributed by atoms with van der Waals surface area (Å²) in [5.41, 5.74) is 0.220. The maximum absolute atomic E-state index is 13.8. The summed E-state index contributed by atoms with van der Waals surface area (Å²) in [5, 5.41) is 4.94. The SMILES string of the molecule is CC(C)c1c(F)cc(N[C@@H]2CCC(=O)NC2=O)cc1F. The minimum absolute atomic E-state index is 0.0267. The minimum atomic E-state index is -0.656. The van der Waals surface area contributed by atoms with Gasteiger partial charge >= 0.3 is 0 Å². The summed E-state index contributed by atoms with van der Waals surface area (Å²) in [6.45, 7) is 3.41. The van der Waals surface area contributed by atoms with Crippen molar-refractivity contribution in [3.63, 3.8) is 0 Å². The highest BCUT2D eigenvalue weighted by Crippen LogP contribution is 2.26. The lowest BCUT2D eigenvalue weighted by Gasteiger charge is -2.23. The van der Waals surface area contributed by atoms with Gasteiger partial charge in [0.2, 0.25) is 11.8 Å². The molecular weight excluding hydrogens is 266 g/mol. The number of piperidine rings is 1. The number of amides is 2. The van der Waals surface area contributed by atoms with E-state index in [0.717, 1.165) is 0 Å².